The first-order valence-electron chi connectivity index (χ1n) is 4.12. The zero-order chi connectivity index (χ0) is 11.4. The van der Waals surface area contributed by atoms with Gasteiger partial charge in [0.05, 0.1) is 5.56 Å². The van der Waals surface area contributed by atoms with Gasteiger partial charge in [0, 0.05) is 0 Å². The van der Waals surface area contributed by atoms with E-state index in [9.17, 15) is 13.6 Å². The van der Waals surface area contributed by atoms with Crippen LogP contribution in [0.2, 0.25) is 0 Å². The molecule has 0 bridgehead atoms. The average Bonchev–Trinajstić information content (AvgIpc) is 2.21. The molecule has 0 aliphatic carbocycles. The molecule has 2 nitrogen and oxygen atoms in total. The molecule has 0 aliphatic rings. The first-order valence-corrected chi connectivity index (χ1v) is 4.12. The fraction of sp³-hybridized carbons (Fsp3) is 0.182. The maximum atomic E-state index is 12.9. The minimum absolute atomic E-state index is 0.0441. The maximum absolute atomic E-state index is 12.9. The number of terminal acetylenes is 1. The van der Waals surface area contributed by atoms with Crippen molar-refractivity contribution in [3.8, 4) is 12.3 Å². The number of rotatable bonds is 2. The van der Waals surface area contributed by atoms with Gasteiger partial charge >= 0.3 is 5.97 Å². The van der Waals surface area contributed by atoms with Gasteiger partial charge in [0.2, 0.25) is 0 Å². The van der Waals surface area contributed by atoms with Crippen molar-refractivity contribution in [3.05, 3.63) is 34.9 Å². The summed E-state index contributed by atoms with van der Waals surface area (Å²) in [4.78, 5) is 11.2. The molecule has 15 heavy (non-hydrogen) atoms. The Kier molecular flexibility index (Phi) is 3.40. The molecule has 0 saturated carbocycles. The fourth-order valence-corrected chi connectivity index (χ4v) is 1.03. The van der Waals surface area contributed by atoms with Crippen LogP contribution in [0.5, 0.6) is 0 Å². The third-order valence-electron chi connectivity index (χ3n) is 1.73. The normalized spacial score (nSPS) is 9.47. The average molecular weight is 210 g/mol. The zero-order valence-corrected chi connectivity index (χ0v) is 8.01. The van der Waals surface area contributed by atoms with Crippen LogP contribution in [0.25, 0.3) is 0 Å². The Labute approximate surface area is 85.9 Å². The number of halogens is 2. The van der Waals surface area contributed by atoms with Gasteiger partial charge in [-0.05, 0) is 24.6 Å². The molecular weight excluding hydrogens is 202 g/mol. The second-order valence-electron chi connectivity index (χ2n) is 2.87. The Morgan fingerprint density at radius 1 is 1.53 bits per heavy atom. The second-order valence-corrected chi connectivity index (χ2v) is 2.87. The van der Waals surface area contributed by atoms with E-state index in [0.29, 0.717) is 0 Å². The van der Waals surface area contributed by atoms with Crippen molar-refractivity contribution in [2.24, 2.45) is 0 Å². The van der Waals surface area contributed by atoms with E-state index in [1.54, 1.807) is 0 Å². The van der Waals surface area contributed by atoms with Crippen LogP contribution in [0.15, 0.2) is 12.1 Å². The number of carbonyl (C=O) groups excluding carboxylic acids is 1. The summed E-state index contributed by atoms with van der Waals surface area (Å²) in [5, 5.41) is 0. The second kappa shape index (κ2) is 4.56. The van der Waals surface area contributed by atoms with Gasteiger partial charge in [0.1, 0.15) is 0 Å². The molecule has 0 spiro atoms. The summed E-state index contributed by atoms with van der Waals surface area (Å²) in [5.74, 6) is -0.720. The molecule has 1 aromatic rings. The molecule has 0 unspecified atom stereocenters. The van der Waals surface area contributed by atoms with Gasteiger partial charge in [-0.15, -0.1) is 6.42 Å². The monoisotopic (exact) mass is 210 g/mol. The number of carbonyl (C=O) groups is 1. The van der Waals surface area contributed by atoms with Crippen molar-refractivity contribution in [2.75, 3.05) is 6.61 Å². The Morgan fingerprint density at radius 2 is 2.20 bits per heavy atom. The van der Waals surface area contributed by atoms with Crippen molar-refractivity contribution in [2.45, 2.75) is 6.92 Å². The maximum Gasteiger partial charge on any atom is 0.339 e. The van der Waals surface area contributed by atoms with Crippen molar-refractivity contribution in [1.29, 1.82) is 0 Å². The summed E-state index contributed by atoms with van der Waals surface area (Å²) in [6.45, 7) is 1.16. The van der Waals surface area contributed by atoms with Gasteiger partial charge in [-0.2, -0.15) is 0 Å². The lowest BCUT2D eigenvalue weighted by atomic mass is 10.1. The topological polar surface area (TPSA) is 26.3 Å². The molecule has 0 heterocycles. The van der Waals surface area contributed by atoms with Crippen LogP contribution in [-0.2, 0) is 4.74 Å². The van der Waals surface area contributed by atoms with E-state index in [4.69, 9.17) is 6.42 Å². The van der Waals surface area contributed by atoms with E-state index >= 15 is 0 Å². The number of hydrogen-bond donors (Lipinski definition) is 0. The van der Waals surface area contributed by atoms with Crippen LogP contribution >= 0.6 is 0 Å². The Hall–Kier alpha value is -1.89. The van der Waals surface area contributed by atoms with E-state index in [-0.39, 0.29) is 17.7 Å². The predicted octanol–water partition coefficient (Wildman–Crippen LogP) is 2.06. The van der Waals surface area contributed by atoms with Gasteiger partial charge < -0.3 is 4.74 Å². The van der Waals surface area contributed by atoms with Gasteiger partial charge in [-0.25, -0.2) is 13.6 Å². The minimum Gasteiger partial charge on any atom is -0.449 e. The lowest BCUT2D eigenvalue weighted by Crippen LogP contribution is -2.07. The summed E-state index contributed by atoms with van der Waals surface area (Å²) >= 11 is 0. The molecule has 0 amide bonds. The molecule has 78 valence electrons. The van der Waals surface area contributed by atoms with Crippen molar-refractivity contribution >= 4 is 5.97 Å². The van der Waals surface area contributed by atoms with Gasteiger partial charge in [0.15, 0.2) is 18.2 Å². The molecule has 0 aromatic heterocycles. The molecule has 4 heteroatoms. The Morgan fingerprint density at radius 3 is 2.73 bits per heavy atom. The SMILES string of the molecule is C#CCOC(=O)c1cc(C)c(F)c(F)c1. The van der Waals surface area contributed by atoms with Crippen LogP contribution in [0, 0.1) is 30.9 Å². The first-order chi connectivity index (χ1) is 7.06. The molecule has 0 fully saturated rings. The van der Waals surface area contributed by atoms with Gasteiger partial charge in [-0.3, -0.25) is 0 Å². The summed E-state index contributed by atoms with van der Waals surface area (Å²) in [7, 11) is 0. The van der Waals surface area contributed by atoms with E-state index in [1.807, 2.05) is 0 Å². The molecular formula is C11H8F2O2. The van der Waals surface area contributed by atoms with Gasteiger partial charge in [-0.1, -0.05) is 5.92 Å². The highest BCUT2D eigenvalue weighted by atomic mass is 19.2. The molecule has 0 saturated heterocycles. The standard InChI is InChI=1S/C11H8F2O2/c1-3-4-15-11(14)8-5-7(2)10(13)9(12)6-8/h1,5-6H,4H2,2H3. The van der Waals surface area contributed by atoms with E-state index in [2.05, 4.69) is 10.7 Å². The highest BCUT2D eigenvalue weighted by Crippen LogP contribution is 2.14. The number of esters is 1. The zero-order valence-electron chi connectivity index (χ0n) is 8.01. The van der Waals surface area contributed by atoms with E-state index in [0.717, 1.165) is 6.07 Å². The largest absolute Gasteiger partial charge is 0.449 e. The molecule has 0 atom stereocenters. The fourth-order valence-electron chi connectivity index (χ4n) is 1.03. The molecule has 0 N–H and O–H groups in total. The number of hydrogen-bond acceptors (Lipinski definition) is 2. The molecule has 1 aromatic carbocycles. The molecule has 1 rings (SSSR count). The summed E-state index contributed by atoms with van der Waals surface area (Å²) < 4.78 is 30.3. The lowest BCUT2D eigenvalue weighted by Gasteiger charge is -2.03. The number of aryl methyl sites for hydroxylation is 1. The van der Waals surface area contributed by atoms with E-state index < -0.39 is 17.6 Å². The lowest BCUT2D eigenvalue weighted by molar-refractivity contribution is 0.0556. The van der Waals surface area contributed by atoms with Crippen LogP contribution in [0.3, 0.4) is 0 Å². The summed E-state index contributed by atoms with van der Waals surface area (Å²) in [6, 6.07) is 1.98. The summed E-state index contributed by atoms with van der Waals surface area (Å²) in [5.41, 5.74) is -0.00990. The third kappa shape index (κ3) is 2.53. The van der Waals surface area contributed by atoms with Crippen LogP contribution in [0.1, 0.15) is 15.9 Å². The minimum atomic E-state index is -1.08. The highest BCUT2D eigenvalue weighted by Gasteiger charge is 2.13. The summed E-state index contributed by atoms with van der Waals surface area (Å²) in [6.07, 6.45) is 4.88. The van der Waals surface area contributed by atoms with E-state index in [1.165, 1.54) is 13.0 Å². The smallest absolute Gasteiger partial charge is 0.339 e. The van der Waals surface area contributed by atoms with Gasteiger partial charge in [0.25, 0.3) is 0 Å². The highest BCUT2D eigenvalue weighted by molar-refractivity contribution is 5.89. The Bertz CT molecular complexity index is 410. The molecule has 0 radical (unpaired) electrons. The predicted molar refractivity (Wildman–Crippen MR) is 50.2 cm³/mol. The Balaban J connectivity index is 2.97. The number of benzene rings is 1. The van der Waals surface area contributed by atoms with Crippen LogP contribution in [-0.4, -0.2) is 12.6 Å². The quantitative estimate of drug-likeness (QED) is 0.551. The third-order valence-corrected chi connectivity index (χ3v) is 1.73. The van der Waals surface area contributed by atoms with Crippen LogP contribution in [0.4, 0.5) is 8.78 Å². The first kappa shape index (κ1) is 11.2. The van der Waals surface area contributed by atoms with Crippen molar-refractivity contribution < 1.29 is 18.3 Å². The molecule has 0 aliphatic heterocycles. The van der Waals surface area contributed by atoms with Crippen molar-refractivity contribution in [3.63, 3.8) is 0 Å². The number of ether oxygens (including phenoxy) is 1. The van der Waals surface area contributed by atoms with Crippen LogP contribution < -0.4 is 0 Å². The van der Waals surface area contributed by atoms with Crippen molar-refractivity contribution in [1.82, 2.24) is 0 Å².